The van der Waals surface area contributed by atoms with Crippen molar-refractivity contribution in [3.05, 3.63) is 124 Å². The number of ether oxygens (including phenoxy) is 5. The van der Waals surface area contributed by atoms with Crippen molar-refractivity contribution in [1.82, 2.24) is 10.6 Å². The average molecular weight is 903 g/mol. The molecule has 2 amide bonds. The van der Waals surface area contributed by atoms with Crippen LogP contribution >= 0.6 is 0 Å². The third-order valence-electron chi connectivity index (χ3n) is 14.2. The van der Waals surface area contributed by atoms with Crippen LogP contribution in [0.3, 0.4) is 0 Å². The first-order chi connectivity index (χ1) is 31.4. The van der Waals surface area contributed by atoms with Gasteiger partial charge in [-0.15, -0.1) is 0 Å². The maximum Gasteiger partial charge on any atom is 0.338 e. The van der Waals surface area contributed by atoms with Crippen LogP contribution in [0.5, 0.6) is 0 Å². The van der Waals surface area contributed by atoms with E-state index in [1.54, 1.807) is 39.0 Å². The molecule has 2 aliphatic heterocycles. The monoisotopic (exact) mass is 902 g/mol. The van der Waals surface area contributed by atoms with Gasteiger partial charge in [-0.3, -0.25) is 14.4 Å². The lowest BCUT2D eigenvalue weighted by Crippen LogP contribution is -2.45. The number of aliphatic hydroxyl groups excluding tert-OH is 1. The maximum atomic E-state index is 14.1. The molecule has 3 aliphatic carbocycles. The summed E-state index contributed by atoms with van der Waals surface area (Å²) >= 11 is 0. The van der Waals surface area contributed by atoms with Gasteiger partial charge in [-0.1, -0.05) is 98.3 Å². The van der Waals surface area contributed by atoms with Crippen LogP contribution in [-0.2, 0) is 43.9 Å². The van der Waals surface area contributed by atoms with E-state index in [4.69, 9.17) is 23.7 Å². The Morgan fingerprint density at radius 3 is 2.20 bits per heavy atom. The number of rotatable bonds is 14. The Hall–Kier alpha value is -5.14. The third kappa shape index (κ3) is 10.7. The van der Waals surface area contributed by atoms with E-state index in [1.807, 2.05) is 72.8 Å². The van der Waals surface area contributed by atoms with Crippen molar-refractivity contribution in [2.24, 2.45) is 17.3 Å². The normalized spacial score (nSPS) is 28.3. The highest BCUT2D eigenvalue weighted by Gasteiger charge is 2.57. The second-order valence-corrected chi connectivity index (χ2v) is 20.7. The Bertz CT molecular complexity index is 2260. The molecule has 3 aromatic rings. The summed E-state index contributed by atoms with van der Waals surface area (Å²) < 4.78 is 31.6. The molecule has 1 unspecified atom stereocenters. The number of carbonyl (C=O) groups is 4. The van der Waals surface area contributed by atoms with Gasteiger partial charge >= 0.3 is 11.9 Å². The number of carbonyl (C=O) groups excluding carboxylic acids is 4. The van der Waals surface area contributed by atoms with Crippen LogP contribution in [0.2, 0.25) is 0 Å². The van der Waals surface area contributed by atoms with Gasteiger partial charge in [0.15, 0.2) is 0 Å². The highest BCUT2D eigenvalue weighted by molar-refractivity contribution is 5.94. The Morgan fingerprint density at radius 2 is 1.56 bits per heavy atom. The number of fused-ring (bicyclic) bond motifs is 3. The molecule has 4 fully saturated rings. The summed E-state index contributed by atoms with van der Waals surface area (Å²) in [5.74, 6) is -2.00. The number of hydrogen-bond acceptors (Lipinski definition) is 10. The summed E-state index contributed by atoms with van der Waals surface area (Å²) in [6.45, 7) is 12.0. The zero-order valence-corrected chi connectivity index (χ0v) is 39.2. The van der Waals surface area contributed by atoms with E-state index in [0.29, 0.717) is 34.5 Å². The van der Waals surface area contributed by atoms with Gasteiger partial charge < -0.3 is 39.4 Å². The highest BCUT2D eigenvalue weighted by atomic mass is 16.8. The summed E-state index contributed by atoms with van der Waals surface area (Å²) in [6, 6.07) is 26.0. The molecule has 3 aromatic carbocycles. The molecule has 2 saturated carbocycles. The number of nitrogens with one attached hydrogen (secondary N) is 2. The van der Waals surface area contributed by atoms with Crippen LogP contribution < -0.4 is 10.6 Å². The van der Waals surface area contributed by atoms with Gasteiger partial charge in [0.05, 0.1) is 29.9 Å². The number of epoxide rings is 1. The minimum atomic E-state index is -1.36. The number of aliphatic hydroxyl groups is 1. The van der Waals surface area contributed by atoms with Gasteiger partial charge in [-0.05, 0) is 107 Å². The van der Waals surface area contributed by atoms with E-state index in [2.05, 4.69) is 37.5 Å². The number of allylic oxidation sites excluding steroid dienone is 1. The first-order valence-corrected chi connectivity index (χ1v) is 23.7. The minimum absolute atomic E-state index is 0.00445. The largest absolute Gasteiger partial charge is 0.460 e. The van der Waals surface area contributed by atoms with Gasteiger partial charge in [-0.25, -0.2) is 4.79 Å². The smallest absolute Gasteiger partial charge is 0.338 e. The predicted molar refractivity (Wildman–Crippen MR) is 249 cm³/mol. The molecule has 0 radical (unpaired) electrons. The molecule has 2 heterocycles. The number of hydrogen-bond donors (Lipinski definition) is 3. The second-order valence-electron chi connectivity index (χ2n) is 20.7. The van der Waals surface area contributed by atoms with Gasteiger partial charge in [-0.2, -0.15) is 0 Å². The van der Waals surface area contributed by atoms with E-state index in [9.17, 15) is 24.3 Å². The molecule has 3 N–H and O–H groups in total. The molecule has 66 heavy (non-hydrogen) atoms. The summed E-state index contributed by atoms with van der Waals surface area (Å²) in [6.07, 6.45) is 7.58. The quantitative estimate of drug-likeness (QED) is 0.107. The summed E-state index contributed by atoms with van der Waals surface area (Å²) in [4.78, 5) is 53.0. The van der Waals surface area contributed by atoms with Crippen molar-refractivity contribution in [2.45, 2.75) is 147 Å². The minimum Gasteiger partial charge on any atom is -0.460 e. The molecule has 12 nitrogen and oxygen atoms in total. The van der Waals surface area contributed by atoms with Gasteiger partial charge in [0.1, 0.15) is 23.9 Å². The third-order valence-corrected chi connectivity index (χ3v) is 14.2. The van der Waals surface area contributed by atoms with Crippen molar-refractivity contribution in [1.29, 1.82) is 0 Å². The zero-order valence-electron chi connectivity index (χ0n) is 39.2. The fourth-order valence-electron chi connectivity index (χ4n) is 10.5. The molecule has 12 heteroatoms. The lowest BCUT2D eigenvalue weighted by molar-refractivity contribution is -0.157. The Kier molecular flexibility index (Phi) is 13.8. The van der Waals surface area contributed by atoms with Crippen LogP contribution in [0.25, 0.3) is 6.08 Å². The number of amides is 2. The van der Waals surface area contributed by atoms with E-state index < -0.39 is 59.5 Å². The second kappa shape index (κ2) is 19.2. The molecule has 2 saturated heterocycles. The lowest BCUT2D eigenvalue weighted by atomic mass is 9.52. The topological polar surface area (TPSA) is 162 Å². The van der Waals surface area contributed by atoms with Crippen molar-refractivity contribution in [3.8, 4) is 0 Å². The Balaban J connectivity index is 0.966. The van der Waals surface area contributed by atoms with Gasteiger partial charge in [0.25, 0.3) is 0 Å². The molecule has 8 atom stereocenters. The molecule has 352 valence electrons. The van der Waals surface area contributed by atoms with Crippen molar-refractivity contribution >= 4 is 29.8 Å². The Morgan fingerprint density at radius 1 is 0.879 bits per heavy atom. The van der Waals surface area contributed by atoms with Crippen LogP contribution in [0.1, 0.15) is 126 Å². The molecule has 5 aliphatic rings. The molecule has 0 spiro atoms. The van der Waals surface area contributed by atoms with Crippen molar-refractivity contribution in [2.75, 3.05) is 13.2 Å². The fraction of sp³-hybridized carbons (Fsp3) is 0.519. The van der Waals surface area contributed by atoms with Crippen LogP contribution in [0.15, 0.2) is 102 Å². The van der Waals surface area contributed by atoms with Gasteiger partial charge in [0.2, 0.25) is 17.6 Å². The molecular formula is C54H66N2O10. The van der Waals surface area contributed by atoms with Gasteiger partial charge in [0, 0.05) is 42.5 Å². The standard InChI is InChI=1S/C54H66N2O10/c1-51(2,3)65-47(59)24-22-40(33-57)56-46(58)26-28-55-49(60)37-30-43(48-44(31-37)63-54(66-48,38-13-9-7-10-14-38)39-15-11-8-12-16-39)62-50(61)35-19-17-34(18-20-35)29-36-21-23-45-53(6,64-45)27-25-42-41(36)32-52(42,4)5/h7-20,29,31,40-45,48,57H,21-28,30,32-33H2,1-6H3,(H,55,60)(H,56,58)/t40-,41+,42+,43+,44+,45?,48-,53+/m0/s1. The highest BCUT2D eigenvalue weighted by Crippen LogP contribution is 2.60. The Labute approximate surface area is 388 Å². The molecule has 0 bridgehead atoms. The van der Waals surface area contributed by atoms with Crippen molar-refractivity contribution < 1.29 is 48.0 Å². The van der Waals surface area contributed by atoms with E-state index in [0.717, 1.165) is 36.0 Å². The summed E-state index contributed by atoms with van der Waals surface area (Å²) in [7, 11) is 0. The van der Waals surface area contributed by atoms with Crippen LogP contribution in [0.4, 0.5) is 0 Å². The predicted octanol–water partition coefficient (Wildman–Crippen LogP) is 8.11. The van der Waals surface area contributed by atoms with Crippen molar-refractivity contribution in [3.63, 3.8) is 0 Å². The maximum absolute atomic E-state index is 14.1. The van der Waals surface area contributed by atoms with E-state index in [-0.39, 0.29) is 44.4 Å². The molecular weight excluding hydrogens is 837 g/mol. The fourth-order valence-corrected chi connectivity index (χ4v) is 10.5. The van der Waals surface area contributed by atoms with E-state index in [1.165, 1.54) is 18.4 Å². The van der Waals surface area contributed by atoms with Crippen LogP contribution in [0, 0.1) is 17.3 Å². The zero-order chi connectivity index (χ0) is 46.9. The summed E-state index contributed by atoms with van der Waals surface area (Å²) in [5, 5.41) is 15.4. The number of esters is 2. The summed E-state index contributed by atoms with van der Waals surface area (Å²) in [5.41, 5.74) is 4.37. The van der Waals surface area contributed by atoms with E-state index >= 15 is 0 Å². The first-order valence-electron chi connectivity index (χ1n) is 23.7. The average Bonchev–Trinajstić information content (AvgIpc) is 3.74. The SMILES string of the molecule is CC(C)(C)OC(=O)CC[C@@H](CO)NC(=O)CCNC(=O)C1=C[C@H]2OC(c3ccccc3)(c3ccccc3)O[C@H]2[C@H](OC(=O)c2ccc(C=C3CCC4O[C@]4(C)CC[C@@H]4[C@@H]3CC4(C)C)cc2)C1. The first kappa shape index (κ1) is 47.4. The number of benzene rings is 3. The van der Waals surface area contributed by atoms with Crippen LogP contribution in [-0.4, -0.2) is 83.7 Å². The molecule has 0 aromatic heterocycles. The lowest BCUT2D eigenvalue weighted by Gasteiger charge is -2.53. The molecule has 8 rings (SSSR count).